The molecule has 1 N–H and O–H groups in total. The number of piperazine rings is 1. The van der Waals surface area contributed by atoms with Crippen molar-refractivity contribution in [2.24, 2.45) is 11.3 Å². The van der Waals surface area contributed by atoms with Crippen molar-refractivity contribution in [2.75, 3.05) is 39.8 Å². The molecule has 1 atom stereocenters. The van der Waals surface area contributed by atoms with Crippen molar-refractivity contribution in [1.82, 2.24) is 15.1 Å². The van der Waals surface area contributed by atoms with Gasteiger partial charge in [-0.05, 0) is 32.7 Å². The number of nitrogens with zero attached hydrogens (tertiary/aromatic N) is 2. The van der Waals surface area contributed by atoms with Crippen LogP contribution in [0, 0.1) is 11.3 Å². The van der Waals surface area contributed by atoms with Gasteiger partial charge in [-0.25, -0.2) is 0 Å². The van der Waals surface area contributed by atoms with Gasteiger partial charge >= 0.3 is 0 Å². The molecule has 1 amide bonds. The number of amides is 1. The first-order chi connectivity index (χ1) is 8.72. The predicted molar refractivity (Wildman–Crippen MR) is 78.0 cm³/mol. The first-order valence-electron chi connectivity index (χ1n) is 7.44. The molecule has 2 aliphatic rings. The summed E-state index contributed by atoms with van der Waals surface area (Å²) in [6.07, 6.45) is 1.04. The van der Waals surface area contributed by atoms with E-state index < -0.39 is 0 Å². The fourth-order valence-electron chi connectivity index (χ4n) is 2.86. The monoisotopic (exact) mass is 267 g/mol. The average Bonchev–Trinajstić information content (AvgIpc) is 2.96. The maximum atomic E-state index is 12.1. The summed E-state index contributed by atoms with van der Waals surface area (Å²) in [5.41, 5.74) is 0.276. The van der Waals surface area contributed by atoms with E-state index in [0.717, 1.165) is 39.1 Å². The third kappa shape index (κ3) is 3.48. The van der Waals surface area contributed by atoms with Gasteiger partial charge in [0.05, 0.1) is 0 Å². The van der Waals surface area contributed by atoms with E-state index >= 15 is 0 Å². The SMILES string of the molecule is CN1CCN(C(C)(C)CNC(=O)C2CC2(C)C)CC1. The summed E-state index contributed by atoms with van der Waals surface area (Å²) in [7, 11) is 2.17. The highest BCUT2D eigenvalue weighted by Crippen LogP contribution is 2.51. The Morgan fingerprint density at radius 3 is 2.26 bits per heavy atom. The van der Waals surface area contributed by atoms with Crippen LogP contribution in [0.1, 0.15) is 34.1 Å². The smallest absolute Gasteiger partial charge is 0.223 e. The molecule has 0 aromatic heterocycles. The molecule has 0 aromatic carbocycles. The van der Waals surface area contributed by atoms with E-state index in [0.29, 0.717) is 0 Å². The highest BCUT2D eigenvalue weighted by Gasteiger charge is 2.50. The molecule has 1 aliphatic heterocycles. The molecule has 0 spiro atoms. The zero-order valence-corrected chi connectivity index (χ0v) is 13.1. The summed E-state index contributed by atoms with van der Waals surface area (Å²) in [4.78, 5) is 16.9. The Morgan fingerprint density at radius 1 is 1.26 bits per heavy atom. The van der Waals surface area contributed by atoms with Gasteiger partial charge in [-0.3, -0.25) is 9.69 Å². The summed E-state index contributed by atoms with van der Waals surface area (Å²) >= 11 is 0. The van der Waals surface area contributed by atoms with E-state index in [1.807, 2.05) is 0 Å². The molecule has 0 bridgehead atoms. The standard InChI is InChI=1S/C15H29N3O/c1-14(2)10-12(14)13(19)16-11-15(3,4)18-8-6-17(5)7-9-18/h12H,6-11H2,1-5H3,(H,16,19). The number of likely N-dealkylation sites (N-methyl/N-ethyl adjacent to an activating group) is 1. The first-order valence-corrected chi connectivity index (χ1v) is 7.44. The zero-order valence-electron chi connectivity index (χ0n) is 13.1. The number of carbonyl (C=O) groups excluding carboxylic acids is 1. The second-order valence-corrected chi connectivity index (χ2v) is 7.57. The molecule has 1 heterocycles. The summed E-state index contributed by atoms with van der Waals surface area (Å²) < 4.78 is 0. The molecule has 1 aliphatic carbocycles. The zero-order chi connectivity index (χ0) is 14.3. The number of hydrogen-bond donors (Lipinski definition) is 1. The Kier molecular flexibility index (Phi) is 3.94. The molecule has 19 heavy (non-hydrogen) atoms. The van der Waals surface area contributed by atoms with Crippen LogP contribution in [-0.4, -0.2) is 61.0 Å². The lowest BCUT2D eigenvalue weighted by molar-refractivity contribution is -0.123. The summed E-state index contributed by atoms with van der Waals surface area (Å²) in [5.74, 6) is 0.475. The van der Waals surface area contributed by atoms with Crippen LogP contribution in [0.4, 0.5) is 0 Å². The third-order valence-electron chi connectivity index (χ3n) is 4.88. The fraction of sp³-hybridized carbons (Fsp3) is 0.933. The minimum atomic E-state index is 0.0515. The number of rotatable bonds is 4. The molecule has 4 nitrogen and oxygen atoms in total. The molecular formula is C15H29N3O. The summed E-state index contributed by atoms with van der Waals surface area (Å²) in [5, 5.41) is 3.15. The molecule has 0 aromatic rings. The highest BCUT2D eigenvalue weighted by atomic mass is 16.2. The topological polar surface area (TPSA) is 35.6 Å². The van der Waals surface area contributed by atoms with E-state index in [1.54, 1.807) is 0 Å². The lowest BCUT2D eigenvalue weighted by Gasteiger charge is -2.43. The molecule has 2 fully saturated rings. The minimum absolute atomic E-state index is 0.0515. The Labute approximate surface area is 117 Å². The van der Waals surface area contributed by atoms with Gasteiger partial charge in [-0.1, -0.05) is 13.8 Å². The van der Waals surface area contributed by atoms with Crippen LogP contribution >= 0.6 is 0 Å². The van der Waals surface area contributed by atoms with Crippen LogP contribution < -0.4 is 5.32 Å². The van der Waals surface area contributed by atoms with Crippen LogP contribution in [0.2, 0.25) is 0 Å². The van der Waals surface area contributed by atoms with Crippen LogP contribution in [0.25, 0.3) is 0 Å². The fourth-order valence-corrected chi connectivity index (χ4v) is 2.86. The molecule has 110 valence electrons. The van der Waals surface area contributed by atoms with Gasteiger partial charge in [0.25, 0.3) is 0 Å². The predicted octanol–water partition coefficient (Wildman–Crippen LogP) is 1.17. The Bertz CT molecular complexity index is 343. The number of nitrogens with one attached hydrogen (secondary N) is 1. The van der Waals surface area contributed by atoms with E-state index in [9.17, 15) is 4.79 Å². The van der Waals surface area contributed by atoms with Crippen molar-refractivity contribution in [3.05, 3.63) is 0 Å². The van der Waals surface area contributed by atoms with Crippen molar-refractivity contribution in [1.29, 1.82) is 0 Å². The third-order valence-corrected chi connectivity index (χ3v) is 4.88. The highest BCUT2D eigenvalue weighted by molar-refractivity contribution is 5.82. The second-order valence-electron chi connectivity index (χ2n) is 7.57. The van der Waals surface area contributed by atoms with E-state index in [1.165, 1.54) is 0 Å². The number of carbonyl (C=O) groups is 1. The average molecular weight is 267 g/mol. The van der Waals surface area contributed by atoms with Crippen LogP contribution in [0.3, 0.4) is 0 Å². The van der Waals surface area contributed by atoms with Gasteiger partial charge < -0.3 is 10.2 Å². The van der Waals surface area contributed by atoms with E-state index in [-0.39, 0.29) is 22.8 Å². The Hall–Kier alpha value is -0.610. The van der Waals surface area contributed by atoms with Crippen molar-refractivity contribution >= 4 is 5.91 Å². The molecule has 1 saturated carbocycles. The van der Waals surface area contributed by atoms with Crippen molar-refractivity contribution in [2.45, 2.75) is 39.7 Å². The lowest BCUT2D eigenvalue weighted by Crippen LogP contribution is -2.58. The quantitative estimate of drug-likeness (QED) is 0.831. The normalized spacial score (nSPS) is 28.2. The van der Waals surface area contributed by atoms with Gasteiger partial charge in [0.2, 0.25) is 5.91 Å². The van der Waals surface area contributed by atoms with Crippen LogP contribution in [-0.2, 0) is 4.79 Å². The molecule has 2 rings (SSSR count). The second kappa shape index (κ2) is 5.06. The number of hydrogen-bond acceptors (Lipinski definition) is 3. The molecule has 0 radical (unpaired) electrons. The van der Waals surface area contributed by atoms with Crippen molar-refractivity contribution < 1.29 is 4.79 Å². The Morgan fingerprint density at radius 2 is 1.79 bits per heavy atom. The Balaban J connectivity index is 1.79. The first kappa shape index (κ1) is 14.8. The van der Waals surface area contributed by atoms with Gasteiger partial charge in [-0.15, -0.1) is 0 Å². The molecule has 1 unspecified atom stereocenters. The maximum absolute atomic E-state index is 12.1. The van der Waals surface area contributed by atoms with Gasteiger partial charge in [0.1, 0.15) is 0 Å². The lowest BCUT2D eigenvalue weighted by atomic mass is 10.0. The summed E-state index contributed by atoms with van der Waals surface area (Å²) in [6, 6.07) is 0. The van der Waals surface area contributed by atoms with Gasteiger partial charge in [-0.2, -0.15) is 0 Å². The minimum Gasteiger partial charge on any atom is -0.354 e. The van der Waals surface area contributed by atoms with Crippen molar-refractivity contribution in [3.8, 4) is 0 Å². The van der Waals surface area contributed by atoms with E-state index in [4.69, 9.17) is 0 Å². The van der Waals surface area contributed by atoms with Crippen LogP contribution in [0.15, 0.2) is 0 Å². The van der Waals surface area contributed by atoms with Gasteiger partial charge in [0, 0.05) is 44.2 Å². The largest absolute Gasteiger partial charge is 0.354 e. The van der Waals surface area contributed by atoms with E-state index in [2.05, 4.69) is 49.9 Å². The molecule has 4 heteroatoms. The van der Waals surface area contributed by atoms with Gasteiger partial charge in [0.15, 0.2) is 0 Å². The van der Waals surface area contributed by atoms with Crippen LogP contribution in [0.5, 0.6) is 0 Å². The summed E-state index contributed by atoms with van der Waals surface area (Å²) in [6.45, 7) is 14.0. The van der Waals surface area contributed by atoms with Crippen molar-refractivity contribution in [3.63, 3.8) is 0 Å². The molecule has 1 saturated heterocycles. The molecular weight excluding hydrogens is 238 g/mol. The maximum Gasteiger partial charge on any atom is 0.223 e.